The molecule has 7 nitrogen and oxygen atoms in total. The van der Waals surface area contributed by atoms with Crippen molar-refractivity contribution < 1.29 is 4.74 Å². The van der Waals surface area contributed by atoms with Crippen LogP contribution in [0.2, 0.25) is 0 Å². The number of aliphatic imine (C=N–C) groups is 1. The van der Waals surface area contributed by atoms with E-state index >= 15 is 0 Å². The van der Waals surface area contributed by atoms with E-state index in [1.807, 2.05) is 41.5 Å². The lowest BCUT2D eigenvalue weighted by molar-refractivity contribution is 0.0177. The Balaban J connectivity index is 1.50. The van der Waals surface area contributed by atoms with Gasteiger partial charge >= 0.3 is 0 Å². The quantitative estimate of drug-likeness (QED) is 0.532. The molecule has 0 aromatic carbocycles. The molecule has 148 valence electrons. The Labute approximate surface area is 165 Å². The number of morpholine rings is 1. The lowest BCUT2D eigenvalue weighted by Gasteiger charge is -2.34. The number of ether oxygens (including phenoxy) is 1. The summed E-state index contributed by atoms with van der Waals surface area (Å²) in [7, 11) is 1.82. The molecule has 3 rings (SSSR count). The Hall–Kier alpha value is -1.90. The van der Waals surface area contributed by atoms with E-state index in [2.05, 4.69) is 50.1 Å². The van der Waals surface area contributed by atoms with E-state index in [4.69, 9.17) is 4.74 Å². The van der Waals surface area contributed by atoms with Crippen molar-refractivity contribution in [2.45, 2.75) is 19.5 Å². The molecule has 2 N–H and O–H groups in total. The van der Waals surface area contributed by atoms with Crippen LogP contribution < -0.4 is 10.6 Å². The Kier molecular flexibility index (Phi) is 7.67. The topological polar surface area (TPSA) is 66.7 Å². The van der Waals surface area contributed by atoms with Crippen LogP contribution in [0.3, 0.4) is 0 Å². The third-order valence-corrected chi connectivity index (χ3v) is 5.69. The average molecular weight is 391 g/mol. The molecule has 0 spiro atoms. The van der Waals surface area contributed by atoms with E-state index in [9.17, 15) is 0 Å². The first-order valence-corrected chi connectivity index (χ1v) is 10.4. The molecule has 2 aromatic heterocycles. The van der Waals surface area contributed by atoms with Gasteiger partial charge in [0, 0.05) is 57.0 Å². The Bertz CT molecular complexity index is 666. The maximum atomic E-state index is 5.52. The fourth-order valence-corrected chi connectivity index (χ4v) is 4.12. The van der Waals surface area contributed by atoms with Gasteiger partial charge in [0.05, 0.1) is 19.3 Å². The first-order chi connectivity index (χ1) is 13.3. The van der Waals surface area contributed by atoms with Gasteiger partial charge < -0.3 is 15.4 Å². The molecule has 2 aromatic rings. The molecule has 0 radical (unpaired) electrons. The normalized spacial score (nSPS) is 18.2. The van der Waals surface area contributed by atoms with Gasteiger partial charge in [0.1, 0.15) is 0 Å². The van der Waals surface area contributed by atoms with Crippen molar-refractivity contribution in [2.75, 3.05) is 46.4 Å². The molecule has 8 heteroatoms. The van der Waals surface area contributed by atoms with Gasteiger partial charge in [-0.2, -0.15) is 5.10 Å². The van der Waals surface area contributed by atoms with E-state index < -0.39 is 0 Å². The summed E-state index contributed by atoms with van der Waals surface area (Å²) >= 11 is 1.81. The number of rotatable bonds is 8. The maximum Gasteiger partial charge on any atom is 0.191 e. The van der Waals surface area contributed by atoms with Crippen molar-refractivity contribution in [3.63, 3.8) is 0 Å². The van der Waals surface area contributed by atoms with Crippen molar-refractivity contribution in [3.8, 4) is 0 Å². The summed E-state index contributed by atoms with van der Waals surface area (Å²) in [6, 6.07) is 6.64. The summed E-state index contributed by atoms with van der Waals surface area (Å²) in [5.41, 5.74) is 0. The number of guanidine groups is 1. The van der Waals surface area contributed by atoms with E-state index in [1.54, 1.807) is 0 Å². The average Bonchev–Trinajstić information content (AvgIpc) is 3.39. The van der Waals surface area contributed by atoms with Gasteiger partial charge in [-0.3, -0.25) is 14.6 Å². The number of aromatic nitrogens is 2. The van der Waals surface area contributed by atoms with Gasteiger partial charge in [-0.1, -0.05) is 13.0 Å². The highest BCUT2D eigenvalue weighted by Gasteiger charge is 2.23. The highest BCUT2D eigenvalue weighted by Crippen LogP contribution is 2.25. The molecular weight excluding hydrogens is 360 g/mol. The summed E-state index contributed by atoms with van der Waals surface area (Å²) in [6.45, 7) is 8.33. The second-order valence-corrected chi connectivity index (χ2v) is 7.83. The van der Waals surface area contributed by atoms with Crippen LogP contribution in [-0.4, -0.2) is 67.1 Å². The minimum atomic E-state index is 0.342. The number of hydrogen-bond acceptors (Lipinski definition) is 5. The molecule has 0 bridgehead atoms. The third kappa shape index (κ3) is 6.05. The molecule has 0 amide bonds. The third-order valence-electron chi connectivity index (χ3n) is 4.72. The first kappa shape index (κ1) is 19.9. The second kappa shape index (κ2) is 10.4. The summed E-state index contributed by atoms with van der Waals surface area (Å²) in [6.07, 6.45) is 3.81. The second-order valence-electron chi connectivity index (χ2n) is 6.85. The van der Waals surface area contributed by atoms with Crippen molar-refractivity contribution >= 4 is 17.3 Å². The predicted octanol–water partition coefficient (Wildman–Crippen LogP) is 1.82. The van der Waals surface area contributed by atoms with Crippen LogP contribution in [0, 0.1) is 5.92 Å². The fourth-order valence-electron chi connectivity index (χ4n) is 3.26. The van der Waals surface area contributed by atoms with Crippen molar-refractivity contribution in [2.24, 2.45) is 10.9 Å². The summed E-state index contributed by atoms with van der Waals surface area (Å²) in [5, 5.41) is 13.4. The van der Waals surface area contributed by atoms with Crippen molar-refractivity contribution in [3.05, 3.63) is 40.8 Å². The number of nitrogens with one attached hydrogen (secondary N) is 2. The molecule has 1 aliphatic heterocycles. The largest absolute Gasteiger partial charge is 0.379 e. The lowest BCUT2D eigenvalue weighted by atomic mass is 10.2. The van der Waals surface area contributed by atoms with Crippen LogP contribution in [0.5, 0.6) is 0 Å². The van der Waals surface area contributed by atoms with E-state index in [0.717, 1.165) is 51.9 Å². The zero-order chi connectivity index (χ0) is 18.9. The van der Waals surface area contributed by atoms with Crippen LogP contribution in [0.4, 0.5) is 0 Å². The van der Waals surface area contributed by atoms with Gasteiger partial charge in [-0.05, 0) is 23.4 Å². The van der Waals surface area contributed by atoms with E-state index in [-0.39, 0.29) is 0 Å². The molecule has 1 saturated heterocycles. The standard InChI is InChI=1S/C19H30N6OS/c1-16(15-25-7-4-6-23-25)13-21-19(20-2)22-14-17(18-5-3-12-27-18)24-8-10-26-11-9-24/h3-7,12,16-17H,8-11,13-15H2,1-2H3,(H2,20,21,22). The van der Waals surface area contributed by atoms with Crippen LogP contribution in [0.15, 0.2) is 41.0 Å². The lowest BCUT2D eigenvalue weighted by Crippen LogP contribution is -2.46. The molecule has 0 saturated carbocycles. The van der Waals surface area contributed by atoms with Gasteiger partial charge in [0.2, 0.25) is 0 Å². The van der Waals surface area contributed by atoms with Gasteiger partial charge in [-0.25, -0.2) is 0 Å². The van der Waals surface area contributed by atoms with E-state index in [0.29, 0.717) is 12.0 Å². The van der Waals surface area contributed by atoms with Crippen LogP contribution in [0.25, 0.3) is 0 Å². The number of hydrogen-bond donors (Lipinski definition) is 2. The van der Waals surface area contributed by atoms with Gasteiger partial charge in [-0.15, -0.1) is 11.3 Å². The van der Waals surface area contributed by atoms with E-state index in [1.165, 1.54) is 4.88 Å². The molecular formula is C19H30N6OS. The van der Waals surface area contributed by atoms with Crippen LogP contribution in [0.1, 0.15) is 17.8 Å². The number of nitrogens with zero attached hydrogens (tertiary/aromatic N) is 4. The highest BCUT2D eigenvalue weighted by atomic mass is 32.1. The monoisotopic (exact) mass is 390 g/mol. The molecule has 2 atom stereocenters. The zero-order valence-electron chi connectivity index (χ0n) is 16.2. The number of thiophene rings is 1. The minimum Gasteiger partial charge on any atom is -0.379 e. The predicted molar refractivity (Wildman–Crippen MR) is 110 cm³/mol. The highest BCUT2D eigenvalue weighted by molar-refractivity contribution is 7.10. The summed E-state index contributed by atoms with van der Waals surface area (Å²) < 4.78 is 7.49. The van der Waals surface area contributed by atoms with Crippen LogP contribution in [-0.2, 0) is 11.3 Å². The van der Waals surface area contributed by atoms with Crippen molar-refractivity contribution in [1.29, 1.82) is 0 Å². The Morgan fingerprint density at radius 3 is 2.78 bits per heavy atom. The molecule has 1 fully saturated rings. The van der Waals surface area contributed by atoms with Gasteiger partial charge in [0.15, 0.2) is 5.96 Å². The molecule has 0 aliphatic carbocycles. The van der Waals surface area contributed by atoms with Crippen molar-refractivity contribution in [1.82, 2.24) is 25.3 Å². The minimum absolute atomic E-state index is 0.342. The smallest absolute Gasteiger partial charge is 0.191 e. The Morgan fingerprint density at radius 1 is 1.30 bits per heavy atom. The molecule has 27 heavy (non-hydrogen) atoms. The summed E-state index contributed by atoms with van der Waals surface area (Å²) in [5.74, 6) is 1.30. The van der Waals surface area contributed by atoms with Gasteiger partial charge in [0.25, 0.3) is 0 Å². The SMILES string of the molecule is CN=C(NCC(C)Cn1cccn1)NCC(c1cccs1)N1CCOCC1. The molecule has 2 unspecified atom stereocenters. The molecule has 3 heterocycles. The Morgan fingerprint density at radius 2 is 2.11 bits per heavy atom. The summed E-state index contributed by atoms with van der Waals surface area (Å²) in [4.78, 5) is 8.27. The maximum absolute atomic E-state index is 5.52. The first-order valence-electron chi connectivity index (χ1n) is 9.53. The fraction of sp³-hybridized carbons (Fsp3) is 0.579. The zero-order valence-corrected chi connectivity index (χ0v) is 17.0. The van der Waals surface area contributed by atoms with Crippen LogP contribution >= 0.6 is 11.3 Å². The molecule has 1 aliphatic rings.